The molecule has 0 saturated carbocycles. The number of halogens is 5. The lowest BCUT2D eigenvalue weighted by atomic mass is 10.1. The van der Waals surface area contributed by atoms with E-state index in [0.717, 1.165) is 10.2 Å². The number of hydrogen-bond donors (Lipinski definition) is 2. The maximum absolute atomic E-state index is 12.9. The molecule has 3 heterocycles. The highest BCUT2D eigenvalue weighted by atomic mass is 19.4. The van der Waals surface area contributed by atoms with Gasteiger partial charge in [0.05, 0.1) is 25.5 Å². The summed E-state index contributed by atoms with van der Waals surface area (Å²) >= 11 is 0. The monoisotopic (exact) mass is 570 g/mol. The van der Waals surface area contributed by atoms with Crippen molar-refractivity contribution in [1.82, 2.24) is 24.2 Å². The van der Waals surface area contributed by atoms with Crippen molar-refractivity contribution in [3.05, 3.63) is 76.5 Å². The molecule has 0 unspecified atom stereocenters. The summed E-state index contributed by atoms with van der Waals surface area (Å²) in [5.41, 5.74) is 6.24. The number of aromatic nitrogens is 4. The fourth-order valence-electron chi connectivity index (χ4n) is 3.44. The van der Waals surface area contributed by atoms with Crippen LogP contribution in [0, 0.1) is 0 Å². The van der Waals surface area contributed by atoms with Gasteiger partial charge in [0.2, 0.25) is 0 Å². The van der Waals surface area contributed by atoms with Crippen molar-refractivity contribution in [2.45, 2.75) is 12.7 Å². The van der Waals surface area contributed by atoms with Crippen LogP contribution in [0.4, 0.5) is 22.0 Å². The number of ether oxygens (including phenoxy) is 1. The van der Waals surface area contributed by atoms with Crippen LogP contribution >= 0.6 is 0 Å². The standard InChI is InChI=1S/C22H22F2N6O3.C2HF3O2/c23-20(24)17(12-25)13-30-22(32)29(14-26-30)19-3-1-2-18(27-19)15-4-6-16(7-5-15)21(31)28-8-10-33-11-9-28;3-2(4,5)1(6)7/h1-7,14H,8-13,25H2;(H,6,7). The number of aliphatic carboxylic acids is 1. The van der Waals surface area contributed by atoms with E-state index in [1.54, 1.807) is 47.4 Å². The number of morpholine rings is 1. The normalized spacial score (nSPS) is 13.3. The first-order valence-electron chi connectivity index (χ1n) is 11.5. The van der Waals surface area contributed by atoms with E-state index < -0.39 is 30.5 Å². The van der Waals surface area contributed by atoms with Crippen LogP contribution in [0.25, 0.3) is 17.1 Å². The molecule has 0 aliphatic carbocycles. The summed E-state index contributed by atoms with van der Waals surface area (Å²) in [6.07, 6.45) is -5.78. The number of hydrogen-bond acceptors (Lipinski definition) is 7. The number of carboxylic acids is 1. The lowest BCUT2D eigenvalue weighted by Gasteiger charge is -2.26. The maximum atomic E-state index is 12.9. The molecule has 1 aromatic carbocycles. The average Bonchev–Trinajstić information content (AvgIpc) is 3.31. The largest absolute Gasteiger partial charge is 0.490 e. The van der Waals surface area contributed by atoms with Gasteiger partial charge in [-0.25, -0.2) is 23.8 Å². The van der Waals surface area contributed by atoms with Crippen LogP contribution in [0.15, 0.2) is 65.2 Å². The number of nitrogens with two attached hydrogens (primary N) is 1. The Bertz CT molecular complexity index is 1420. The smallest absolute Gasteiger partial charge is 0.475 e. The molecule has 11 nitrogen and oxygen atoms in total. The molecular formula is C24H23F5N6O5. The quantitative estimate of drug-likeness (QED) is 0.430. The van der Waals surface area contributed by atoms with Gasteiger partial charge in [0, 0.05) is 36.3 Å². The second-order valence-corrected chi connectivity index (χ2v) is 8.18. The number of pyridine rings is 1. The summed E-state index contributed by atoms with van der Waals surface area (Å²) in [6.45, 7) is 1.41. The fraction of sp³-hybridized carbons (Fsp3) is 0.292. The van der Waals surface area contributed by atoms with E-state index in [2.05, 4.69) is 10.1 Å². The van der Waals surface area contributed by atoms with Crippen LogP contribution in [0.5, 0.6) is 0 Å². The van der Waals surface area contributed by atoms with Gasteiger partial charge in [0.1, 0.15) is 12.1 Å². The molecule has 1 fully saturated rings. The Morgan fingerprint density at radius 2 is 1.68 bits per heavy atom. The molecule has 1 amide bonds. The van der Waals surface area contributed by atoms with Gasteiger partial charge in [0.25, 0.3) is 12.0 Å². The minimum atomic E-state index is -5.08. The predicted molar refractivity (Wildman–Crippen MR) is 130 cm³/mol. The first kappa shape index (κ1) is 30.1. The van der Waals surface area contributed by atoms with E-state index in [9.17, 15) is 31.5 Å². The average molecular weight is 570 g/mol. The second-order valence-electron chi connectivity index (χ2n) is 8.18. The minimum Gasteiger partial charge on any atom is -0.475 e. The number of benzene rings is 1. The van der Waals surface area contributed by atoms with Crippen molar-refractivity contribution >= 4 is 11.9 Å². The zero-order valence-electron chi connectivity index (χ0n) is 20.6. The maximum Gasteiger partial charge on any atom is 0.490 e. The molecule has 40 heavy (non-hydrogen) atoms. The zero-order valence-corrected chi connectivity index (χ0v) is 20.6. The molecule has 1 aliphatic heterocycles. The van der Waals surface area contributed by atoms with Gasteiger partial charge >= 0.3 is 17.8 Å². The van der Waals surface area contributed by atoms with E-state index in [-0.39, 0.29) is 23.8 Å². The molecule has 214 valence electrons. The molecule has 2 aromatic heterocycles. The molecule has 4 rings (SSSR count). The summed E-state index contributed by atoms with van der Waals surface area (Å²) in [4.78, 5) is 40.4. The molecule has 1 aliphatic rings. The van der Waals surface area contributed by atoms with Crippen molar-refractivity contribution in [1.29, 1.82) is 0 Å². The Morgan fingerprint density at radius 3 is 2.23 bits per heavy atom. The number of carbonyl (C=O) groups excluding carboxylic acids is 1. The molecule has 3 N–H and O–H groups in total. The van der Waals surface area contributed by atoms with Gasteiger partial charge in [0.15, 0.2) is 0 Å². The third-order valence-corrected chi connectivity index (χ3v) is 5.54. The number of carbonyl (C=O) groups is 2. The van der Waals surface area contributed by atoms with Gasteiger partial charge in [-0.05, 0) is 24.3 Å². The number of amides is 1. The highest BCUT2D eigenvalue weighted by Gasteiger charge is 2.38. The van der Waals surface area contributed by atoms with Crippen molar-refractivity contribution in [2.24, 2.45) is 5.73 Å². The first-order chi connectivity index (χ1) is 18.9. The van der Waals surface area contributed by atoms with Crippen LogP contribution in [0.1, 0.15) is 10.4 Å². The first-order valence-corrected chi connectivity index (χ1v) is 11.5. The molecular weight excluding hydrogens is 547 g/mol. The molecule has 3 aromatic rings. The Kier molecular flexibility index (Phi) is 9.84. The molecule has 16 heteroatoms. The second kappa shape index (κ2) is 13.1. The Balaban J connectivity index is 0.000000559. The van der Waals surface area contributed by atoms with Crippen LogP contribution < -0.4 is 11.4 Å². The van der Waals surface area contributed by atoms with E-state index in [1.807, 2.05) is 0 Å². The predicted octanol–water partition coefficient (Wildman–Crippen LogP) is 2.31. The summed E-state index contributed by atoms with van der Waals surface area (Å²) in [5, 5.41) is 11.0. The van der Waals surface area contributed by atoms with Crippen molar-refractivity contribution in [2.75, 3.05) is 32.8 Å². The van der Waals surface area contributed by atoms with E-state index in [0.29, 0.717) is 37.6 Å². The van der Waals surface area contributed by atoms with Crippen LogP contribution in [0.2, 0.25) is 0 Å². The Hall–Kier alpha value is -4.44. The van der Waals surface area contributed by atoms with Crippen LogP contribution in [-0.2, 0) is 16.1 Å². The summed E-state index contributed by atoms with van der Waals surface area (Å²) in [6, 6.07) is 12.1. The highest BCUT2D eigenvalue weighted by molar-refractivity contribution is 5.94. The van der Waals surface area contributed by atoms with Crippen molar-refractivity contribution in [3.63, 3.8) is 0 Å². The van der Waals surface area contributed by atoms with Gasteiger partial charge in [-0.15, -0.1) is 0 Å². The van der Waals surface area contributed by atoms with E-state index >= 15 is 0 Å². The van der Waals surface area contributed by atoms with Gasteiger partial charge in [-0.3, -0.25) is 4.79 Å². The highest BCUT2D eigenvalue weighted by Crippen LogP contribution is 2.20. The molecule has 0 atom stereocenters. The summed E-state index contributed by atoms with van der Waals surface area (Å²) in [7, 11) is 0. The van der Waals surface area contributed by atoms with Crippen molar-refractivity contribution in [3.8, 4) is 17.1 Å². The molecule has 1 saturated heterocycles. The molecule has 0 radical (unpaired) electrons. The third-order valence-electron chi connectivity index (χ3n) is 5.54. The number of alkyl halides is 3. The van der Waals surface area contributed by atoms with Crippen LogP contribution in [-0.4, -0.2) is 80.2 Å². The number of nitrogens with zero attached hydrogens (tertiary/aromatic N) is 5. The van der Waals surface area contributed by atoms with Crippen molar-refractivity contribution < 1.29 is 41.4 Å². The van der Waals surface area contributed by atoms with Gasteiger partial charge in [-0.2, -0.15) is 27.1 Å². The Morgan fingerprint density at radius 1 is 1.05 bits per heavy atom. The third kappa shape index (κ3) is 7.57. The zero-order chi connectivity index (χ0) is 29.4. The van der Waals surface area contributed by atoms with Crippen LogP contribution in [0.3, 0.4) is 0 Å². The lowest BCUT2D eigenvalue weighted by molar-refractivity contribution is -0.192. The summed E-state index contributed by atoms with van der Waals surface area (Å²) < 4.78 is 64.9. The minimum absolute atomic E-state index is 0.0545. The molecule has 0 bridgehead atoms. The topological polar surface area (TPSA) is 146 Å². The van der Waals surface area contributed by atoms with Gasteiger partial charge < -0.3 is 20.5 Å². The van der Waals surface area contributed by atoms with Gasteiger partial charge in [-0.1, -0.05) is 18.2 Å². The SMILES string of the molecule is NCC(Cn1ncn(-c2cccc(-c3ccc(C(=O)N4CCOCC4)cc3)n2)c1=O)=C(F)F.O=C(O)C(F)(F)F. The number of rotatable bonds is 6. The fourth-order valence-corrected chi connectivity index (χ4v) is 3.44. The summed E-state index contributed by atoms with van der Waals surface area (Å²) in [5.74, 6) is -2.52. The van der Waals surface area contributed by atoms with E-state index in [4.69, 9.17) is 20.4 Å². The lowest BCUT2D eigenvalue weighted by Crippen LogP contribution is -2.40. The van der Waals surface area contributed by atoms with E-state index in [1.165, 1.54) is 10.9 Å². The Labute approximate surface area is 222 Å². The number of carboxylic acid groups (broad SMARTS) is 1. The molecule has 0 spiro atoms.